The third kappa shape index (κ3) is 5.81. The second-order valence-corrected chi connectivity index (χ2v) is 6.45. The van der Waals surface area contributed by atoms with Gasteiger partial charge in [0.05, 0.1) is 0 Å². The molecule has 2 aromatic rings. The van der Waals surface area contributed by atoms with Gasteiger partial charge in [0, 0.05) is 36.0 Å². The Morgan fingerprint density at radius 3 is 2.04 bits per heavy atom. The van der Waals surface area contributed by atoms with Gasteiger partial charge in [-0.05, 0) is 60.9 Å². The number of anilines is 2. The van der Waals surface area contributed by atoms with Gasteiger partial charge in [-0.25, -0.2) is 0 Å². The fourth-order valence-electron chi connectivity index (χ4n) is 2.44. The van der Waals surface area contributed by atoms with Crippen LogP contribution in [0.1, 0.15) is 35.7 Å². The second kappa shape index (κ2) is 8.31. The lowest BCUT2D eigenvalue weighted by Gasteiger charge is -2.05. The number of hydrogen-bond donors (Lipinski definition) is 3. The molecule has 0 radical (unpaired) electrons. The average Bonchev–Trinajstić information content (AvgIpc) is 3.45. The summed E-state index contributed by atoms with van der Waals surface area (Å²) in [4.78, 5) is 35.0. The average molecular weight is 363 g/mol. The molecule has 2 aromatic carbocycles. The van der Waals surface area contributed by atoms with Gasteiger partial charge in [-0.15, -0.1) is 0 Å². The van der Waals surface area contributed by atoms with Gasteiger partial charge in [-0.2, -0.15) is 0 Å². The number of hydrogen-bond acceptors (Lipinski definition) is 3. The van der Waals surface area contributed by atoms with Crippen molar-refractivity contribution in [2.24, 2.45) is 0 Å². The van der Waals surface area contributed by atoms with E-state index in [1.54, 1.807) is 54.6 Å². The maximum absolute atomic E-state index is 12.0. The van der Waals surface area contributed by atoms with Crippen molar-refractivity contribution in [3.05, 3.63) is 65.7 Å². The molecule has 0 unspecified atom stereocenters. The second-order valence-electron chi connectivity index (χ2n) is 6.45. The van der Waals surface area contributed by atoms with E-state index in [9.17, 15) is 14.4 Å². The molecule has 6 nitrogen and oxygen atoms in total. The predicted molar refractivity (Wildman–Crippen MR) is 105 cm³/mol. The first-order valence-electron chi connectivity index (χ1n) is 8.77. The van der Waals surface area contributed by atoms with Crippen molar-refractivity contribution in [1.29, 1.82) is 0 Å². The lowest BCUT2D eigenvalue weighted by atomic mass is 10.1. The van der Waals surface area contributed by atoms with Gasteiger partial charge in [0.2, 0.25) is 11.8 Å². The van der Waals surface area contributed by atoms with Crippen molar-refractivity contribution >= 4 is 35.2 Å². The van der Waals surface area contributed by atoms with Gasteiger partial charge < -0.3 is 16.0 Å². The molecule has 0 aliphatic heterocycles. The quantitative estimate of drug-likeness (QED) is 0.689. The van der Waals surface area contributed by atoms with Crippen LogP contribution in [0.3, 0.4) is 0 Å². The summed E-state index contributed by atoms with van der Waals surface area (Å²) in [6.07, 6.45) is 5.22. The maximum Gasteiger partial charge on any atom is 0.251 e. The van der Waals surface area contributed by atoms with Crippen molar-refractivity contribution in [2.75, 3.05) is 10.6 Å². The van der Waals surface area contributed by atoms with Gasteiger partial charge in [0.1, 0.15) is 0 Å². The predicted octanol–water partition coefficient (Wildman–Crippen LogP) is 3.19. The molecule has 1 aliphatic carbocycles. The summed E-state index contributed by atoms with van der Waals surface area (Å²) in [5.74, 6) is -0.475. The lowest BCUT2D eigenvalue weighted by Crippen LogP contribution is -2.25. The Morgan fingerprint density at radius 1 is 0.889 bits per heavy atom. The number of nitrogens with one attached hydrogen (secondary N) is 3. The molecular formula is C21H21N3O3. The largest absolute Gasteiger partial charge is 0.349 e. The van der Waals surface area contributed by atoms with Crippen molar-refractivity contribution in [3.63, 3.8) is 0 Å². The fourth-order valence-corrected chi connectivity index (χ4v) is 2.44. The first-order chi connectivity index (χ1) is 13.0. The third-order valence-corrected chi connectivity index (χ3v) is 3.99. The maximum atomic E-state index is 12.0. The molecule has 3 rings (SSSR count). The van der Waals surface area contributed by atoms with Gasteiger partial charge in [-0.1, -0.05) is 12.1 Å². The Morgan fingerprint density at radius 2 is 1.48 bits per heavy atom. The topological polar surface area (TPSA) is 87.3 Å². The van der Waals surface area contributed by atoms with Crippen LogP contribution < -0.4 is 16.0 Å². The zero-order valence-electron chi connectivity index (χ0n) is 15.0. The molecule has 3 N–H and O–H groups in total. The summed E-state index contributed by atoms with van der Waals surface area (Å²) >= 11 is 0. The van der Waals surface area contributed by atoms with Crippen LogP contribution in [0, 0.1) is 0 Å². The smallest absolute Gasteiger partial charge is 0.251 e. The minimum absolute atomic E-state index is 0.0616. The van der Waals surface area contributed by atoms with E-state index in [1.807, 2.05) is 0 Å². The fraction of sp³-hybridized carbons (Fsp3) is 0.190. The molecule has 0 aromatic heterocycles. The first-order valence-corrected chi connectivity index (χ1v) is 8.77. The van der Waals surface area contributed by atoms with E-state index in [4.69, 9.17) is 0 Å². The molecule has 138 valence electrons. The molecular weight excluding hydrogens is 342 g/mol. The molecule has 1 fully saturated rings. The summed E-state index contributed by atoms with van der Waals surface area (Å²) in [6, 6.07) is 14.3. The van der Waals surface area contributed by atoms with Crippen LogP contribution in [0.2, 0.25) is 0 Å². The van der Waals surface area contributed by atoms with Crippen molar-refractivity contribution in [1.82, 2.24) is 5.32 Å². The molecule has 0 spiro atoms. The summed E-state index contributed by atoms with van der Waals surface area (Å²) in [6.45, 7) is 1.44. The van der Waals surface area contributed by atoms with Crippen LogP contribution >= 0.6 is 0 Å². The zero-order chi connectivity index (χ0) is 19.2. The standard InChI is InChI=1S/C21H21N3O3/c1-14(25)22-17-7-9-18(10-8-17)23-20(26)13-4-15-2-5-16(6-3-15)21(27)24-19-11-12-19/h2-10,13,19H,11-12H2,1H3,(H,22,25)(H,23,26)(H,24,27)/b13-4+. The molecule has 1 aliphatic rings. The highest BCUT2D eigenvalue weighted by Gasteiger charge is 2.23. The van der Waals surface area contributed by atoms with Crippen LogP contribution in [0.5, 0.6) is 0 Å². The van der Waals surface area contributed by atoms with Crippen LogP contribution in [0.15, 0.2) is 54.6 Å². The van der Waals surface area contributed by atoms with Crippen molar-refractivity contribution in [2.45, 2.75) is 25.8 Å². The number of rotatable bonds is 6. The van der Waals surface area contributed by atoms with Crippen LogP contribution in [-0.4, -0.2) is 23.8 Å². The van der Waals surface area contributed by atoms with Gasteiger partial charge in [-0.3, -0.25) is 14.4 Å². The van der Waals surface area contributed by atoms with E-state index in [0.717, 1.165) is 18.4 Å². The highest BCUT2D eigenvalue weighted by molar-refractivity contribution is 6.02. The summed E-state index contributed by atoms with van der Waals surface area (Å²) < 4.78 is 0. The molecule has 0 bridgehead atoms. The summed E-state index contributed by atoms with van der Waals surface area (Å²) in [5.41, 5.74) is 2.74. The van der Waals surface area contributed by atoms with Crippen molar-refractivity contribution < 1.29 is 14.4 Å². The van der Waals surface area contributed by atoms with Crippen LogP contribution in [-0.2, 0) is 9.59 Å². The highest BCUT2D eigenvalue weighted by Crippen LogP contribution is 2.19. The third-order valence-electron chi connectivity index (χ3n) is 3.99. The summed E-state index contributed by atoms with van der Waals surface area (Å²) in [7, 11) is 0. The molecule has 27 heavy (non-hydrogen) atoms. The van der Waals surface area contributed by atoms with E-state index < -0.39 is 0 Å². The minimum Gasteiger partial charge on any atom is -0.349 e. The van der Waals surface area contributed by atoms with Gasteiger partial charge >= 0.3 is 0 Å². The van der Waals surface area contributed by atoms with E-state index >= 15 is 0 Å². The molecule has 6 heteroatoms. The van der Waals surface area contributed by atoms with Gasteiger partial charge in [0.15, 0.2) is 0 Å². The van der Waals surface area contributed by atoms with Crippen molar-refractivity contribution in [3.8, 4) is 0 Å². The van der Waals surface area contributed by atoms with Gasteiger partial charge in [0.25, 0.3) is 5.91 Å². The highest BCUT2D eigenvalue weighted by atomic mass is 16.2. The molecule has 3 amide bonds. The molecule has 0 saturated heterocycles. The minimum atomic E-state index is -0.266. The SMILES string of the molecule is CC(=O)Nc1ccc(NC(=O)/C=C/c2ccc(C(=O)NC3CC3)cc2)cc1. The molecule has 0 atom stereocenters. The number of carbonyl (C=O) groups is 3. The normalized spacial score (nSPS) is 13.2. The Hall–Kier alpha value is -3.41. The molecule has 0 heterocycles. The Bertz CT molecular complexity index is 867. The number of benzene rings is 2. The summed E-state index contributed by atoms with van der Waals surface area (Å²) in [5, 5.41) is 8.35. The monoisotopic (exact) mass is 363 g/mol. The Balaban J connectivity index is 1.53. The number of amides is 3. The first kappa shape index (κ1) is 18.4. The van der Waals surface area contributed by atoms with E-state index in [2.05, 4.69) is 16.0 Å². The van der Waals surface area contributed by atoms with E-state index in [0.29, 0.717) is 23.0 Å². The van der Waals surface area contributed by atoms with E-state index in [-0.39, 0.29) is 17.7 Å². The van der Waals surface area contributed by atoms with Crippen LogP contribution in [0.25, 0.3) is 6.08 Å². The van der Waals surface area contributed by atoms with Crippen LogP contribution in [0.4, 0.5) is 11.4 Å². The zero-order valence-corrected chi connectivity index (χ0v) is 15.0. The Labute approximate surface area is 157 Å². The lowest BCUT2D eigenvalue weighted by molar-refractivity contribution is -0.114. The van der Waals surface area contributed by atoms with E-state index in [1.165, 1.54) is 13.0 Å². The molecule has 1 saturated carbocycles. The Kier molecular flexibility index (Phi) is 5.66. The number of carbonyl (C=O) groups excluding carboxylic acids is 3.